The minimum absolute atomic E-state index is 0.129. The summed E-state index contributed by atoms with van der Waals surface area (Å²) in [7, 11) is 3.04. The average molecular weight is 380 g/mol. The molecule has 144 valence electrons. The monoisotopic (exact) mass is 380 g/mol. The van der Waals surface area contributed by atoms with E-state index in [9.17, 15) is 9.59 Å². The van der Waals surface area contributed by atoms with Crippen LogP contribution in [0.15, 0.2) is 35.4 Å². The highest BCUT2D eigenvalue weighted by Gasteiger charge is 2.26. The number of pyridine rings is 1. The van der Waals surface area contributed by atoms with Gasteiger partial charge in [-0.3, -0.25) is 14.6 Å². The molecule has 0 radical (unpaired) electrons. The summed E-state index contributed by atoms with van der Waals surface area (Å²) < 4.78 is 11.7. The molecule has 0 aliphatic carbocycles. The van der Waals surface area contributed by atoms with E-state index in [1.165, 1.54) is 18.9 Å². The summed E-state index contributed by atoms with van der Waals surface area (Å²) in [5.74, 6) is 0.794. The van der Waals surface area contributed by atoms with Crippen molar-refractivity contribution < 1.29 is 14.3 Å². The first-order valence-corrected chi connectivity index (χ1v) is 8.84. The maximum atomic E-state index is 12.8. The molecule has 2 aromatic heterocycles. The standard InChI is InChI=1S/C20H20N4O4/c1-12-4-5-21-16-10-23(9-15(12)16)19(25)11-24-20(26)14-7-18(28-3)17(27-2)6-13(14)8-22-24/h4-8H,9-11H2,1-3H3. The molecule has 1 aliphatic heterocycles. The van der Waals surface area contributed by atoms with Crippen molar-refractivity contribution in [2.24, 2.45) is 0 Å². The van der Waals surface area contributed by atoms with Gasteiger partial charge in [0.2, 0.25) is 5.91 Å². The minimum atomic E-state index is -0.349. The van der Waals surface area contributed by atoms with E-state index >= 15 is 0 Å². The zero-order chi connectivity index (χ0) is 19.8. The van der Waals surface area contributed by atoms with E-state index in [0.717, 1.165) is 16.8 Å². The highest BCUT2D eigenvalue weighted by Crippen LogP contribution is 2.30. The Morgan fingerprint density at radius 3 is 2.64 bits per heavy atom. The van der Waals surface area contributed by atoms with Crippen LogP contribution in [0.2, 0.25) is 0 Å². The van der Waals surface area contributed by atoms with Crippen LogP contribution < -0.4 is 15.0 Å². The molecule has 0 spiro atoms. The van der Waals surface area contributed by atoms with Gasteiger partial charge in [0, 0.05) is 18.1 Å². The number of carbonyl (C=O) groups excluding carboxylic acids is 1. The van der Waals surface area contributed by atoms with Gasteiger partial charge in [0.05, 0.1) is 38.0 Å². The highest BCUT2D eigenvalue weighted by atomic mass is 16.5. The summed E-state index contributed by atoms with van der Waals surface area (Å²) in [6, 6.07) is 5.24. The van der Waals surface area contributed by atoms with Crippen LogP contribution in [0, 0.1) is 6.92 Å². The van der Waals surface area contributed by atoms with Gasteiger partial charge in [-0.1, -0.05) is 0 Å². The van der Waals surface area contributed by atoms with Crippen LogP contribution in [-0.4, -0.2) is 39.8 Å². The van der Waals surface area contributed by atoms with Crippen LogP contribution in [0.1, 0.15) is 16.8 Å². The maximum Gasteiger partial charge on any atom is 0.275 e. The fourth-order valence-corrected chi connectivity index (χ4v) is 3.45. The summed E-state index contributed by atoms with van der Waals surface area (Å²) in [5.41, 5.74) is 2.75. The van der Waals surface area contributed by atoms with Gasteiger partial charge in [-0.2, -0.15) is 5.10 Å². The molecule has 3 heterocycles. The molecule has 8 nitrogen and oxygen atoms in total. The normalized spacial score (nSPS) is 12.9. The van der Waals surface area contributed by atoms with Crippen molar-refractivity contribution in [3.05, 3.63) is 57.8 Å². The van der Waals surface area contributed by atoms with E-state index in [2.05, 4.69) is 10.1 Å². The second kappa shape index (κ2) is 6.95. The van der Waals surface area contributed by atoms with E-state index in [1.54, 1.807) is 29.4 Å². The quantitative estimate of drug-likeness (QED) is 0.684. The zero-order valence-electron chi connectivity index (χ0n) is 15.9. The molecule has 0 bridgehead atoms. The average Bonchev–Trinajstić information content (AvgIpc) is 3.15. The molecule has 8 heteroatoms. The molecule has 0 atom stereocenters. The van der Waals surface area contributed by atoms with E-state index in [1.807, 2.05) is 13.0 Å². The lowest BCUT2D eigenvalue weighted by Gasteiger charge is -2.16. The van der Waals surface area contributed by atoms with Gasteiger partial charge in [0.1, 0.15) is 6.54 Å². The van der Waals surface area contributed by atoms with Gasteiger partial charge >= 0.3 is 0 Å². The number of aryl methyl sites for hydroxylation is 1. The summed E-state index contributed by atoms with van der Waals surface area (Å²) in [5, 5.41) is 5.20. The first-order chi connectivity index (χ1) is 13.5. The molecule has 4 rings (SSSR count). The fourth-order valence-electron chi connectivity index (χ4n) is 3.45. The summed E-state index contributed by atoms with van der Waals surface area (Å²) in [6.07, 6.45) is 3.30. The summed E-state index contributed by atoms with van der Waals surface area (Å²) >= 11 is 0. The molecule has 1 amide bonds. The second-order valence-electron chi connectivity index (χ2n) is 6.70. The largest absolute Gasteiger partial charge is 0.493 e. The Morgan fingerprint density at radius 1 is 1.18 bits per heavy atom. The Kier molecular flexibility index (Phi) is 4.46. The SMILES string of the molecule is COc1cc2cnn(CC(=O)N3Cc4nccc(C)c4C3)c(=O)c2cc1OC. The number of methoxy groups -OCH3 is 2. The summed E-state index contributed by atoms with van der Waals surface area (Å²) in [6.45, 7) is 2.83. The third-order valence-electron chi connectivity index (χ3n) is 5.06. The fraction of sp³-hybridized carbons (Fsp3) is 0.300. The molecule has 1 aliphatic rings. The Balaban J connectivity index is 1.62. The predicted octanol–water partition coefficient (Wildman–Crippen LogP) is 1.66. The van der Waals surface area contributed by atoms with Gasteiger partial charge in [-0.05, 0) is 36.2 Å². The van der Waals surface area contributed by atoms with Crippen LogP contribution in [-0.2, 0) is 24.4 Å². The number of fused-ring (bicyclic) bond motifs is 2. The second-order valence-corrected chi connectivity index (χ2v) is 6.70. The first kappa shape index (κ1) is 18.0. The molecule has 1 aromatic carbocycles. The predicted molar refractivity (Wildman–Crippen MR) is 102 cm³/mol. The molecule has 3 aromatic rings. The van der Waals surface area contributed by atoms with Gasteiger partial charge in [0.15, 0.2) is 11.5 Å². The third kappa shape index (κ3) is 2.96. The van der Waals surface area contributed by atoms with Crippen molar-refractivity contribution in [1.29, 1.82) is 0 Å². The molecule has 0 N–H and O–H groups in total. The maximum absolute atomic E-state index is 12.8. The smallest absolute Gasteiger partial charge is 0.275 e. The minimum Gasteiger partial charge on any atom is -0.493 e. The number of aromatic nitrogens is 3. The van der Waals surface area contributed by atoms with Crippen molar-refractivity contribution in [2.45, 2.75) is 26.6 Å². The number of carbonyl (C=O) groups is 1. The van der Waals surface area contributed by atoms with Crippen LogP contribution in [0.25, 0.3) is 10.8 Å². The van der Waals surface area contributed by atoms with E-state index in [4.69, 9.17) is 9.47 Å². The molecule has 0 saturated heterocycles. The van der Waals surface area contributed by atoms with Crippen LogP contribution in [0.3, 0.4) is 0 Å². The summed E-state index contributed by atoms with van der Waals surface area (Å²) in [4.78, 5) is 31.6. The molecular weight excluding hydrogens is 360 g/mol. The third-order valence-corrected chi connectivity index (χ3v) is 5.06. The molecule has 0 saturated carbocycles. The van der Waals surface area contributed by atoms with E-state index in [0.29, 0.717) is 35.4 Å². The van der Waals surface area contributed by atoms with Gasteiger partial charge in [0.25, 0.3) is 5.56 Å². The van der Waals surface area contributed by atoms with Gasteiger partial charge in [-0.15, -0.1) is 0 Å². The lowest BCUT2D eigenvalue weighted by molar-refractivity contribution is -0.132. The number of nitrogens with zero attached hydrogens (tertiary/aromatic N) is 4. The Hall–Kier alpha value is -3.42. The van der Waals surface area contributed by atoms with Crippen molar-refractivity contribution in [3.63, 3.8) is 0 Å². The number of benzene rings is 1. The van der Waals surface area contributed by atoms with Crippen LogP contribution in [0.5, 0.6) is 11.5 Å². The lowest BCUT2D eigenvalue weighted by Crippen LogP contribution is -2.34. The Morgan fingerprint density at radius 2 is 1.93 bits per heavy atom. The molecule has 0 fully saturated rings. The van der Waals surface area contributed by atoms with Crippen molar-refractivity contribution in [1.82, 2.24) is 19.7 Å². The Bertz CT molecular complexity index is 1140. The first-order valence-electron chi connectivity index (χ1n) is 8.84. The highest BCUT2D eigenvalue weighted by molar-refractivity contribution is 5.85. The van der Waals surface area contributed by atoms with Crippen molar-refractivity contribution in [2.75, 3.05) is 14.2 Å². The number of ether oxygens (including phenoxy) is 2. The number of amides is 1. The van der Waals surface area contributed by atoms with Crippen LogP contribution >= 0.6 is 0 Å². The molecular formula is C20H20N4O4. The molecule has 0 unspecified atom stereocenters. The lowest BCUT2D eigenvalue weighted by atomic mass is 10.1. The van der Waals surface area contributed by atoms with Crippen LogP contribution in [0.4, 0.5) is 0 Å². The van der Waals surface area contributed by atoms with E-state index in [-0.39, 0.29) is 18.0 Å². The Labute approximate surface area is 161 Å². The topological polar surface area (TPSA) is 86.6 Å². The number of rotatable bonds is 4. The van der Waals surface area contributed by atoms with Crippen molar-refractivity contribution >= 4 is 16.7 Å². The number of hydrogen-bond donors (Lipinski definition) is 0. The van der Waals surface area contributed by atoms with Gasteiger partial charge < -0.3 is 14.4 Å². The van der Waals surface area contributed by atoms with Gasteiger partial charge in [-0.25, -0.2) is 4.68 Å². The number of hydrogen-bond acceptors (Lipinski definition) is 6. The zero-order valence-corrected chi connectivity index (χ0v) is 15.9. The van der Waals surface area contributed by atoms with E-state index < -0.39 is 0 Å². The molecule has 28 heavy (non-hydrogen) atoms. The van der Waals surface area contributed by atoms with Crippen molar-refractivity contribution in [3.8, 4) is 11.5 Å².